The third-order valence-corrected chi connectivity index (χ3v) is 12.6. The minimum Gasteiger partial charge on any atom is -0.449 e. The molecule has 166 valence electrons. The highest BCUT2D eigenvalue weighted by molar-refractivity contribution is 7.78. The number of nitrogens with one attached hydrogen (secondary N) is 1. The molecule has 1 N–H and O–H groups in total. The first-order chi connectivity index (χ1) is 13.9. The van der Waals surface area contributed by atoms with Crippen LogP contribution in [-0.4, -0.2) is 47.6 Å². The average Bonchev–Trinajstić information content (AvgIpc) is 2.63. The van der Waals surface area contributed by atoms with Crippen molar-refractivity contribution in [3.63, 3.8) is 0 Å². The second kappa shape index (κ2) is 10.9. The van der Waals surface area contributed by atoms with E-state index in [9.17, 15) is 9.59 Å². The maximum atomic E-state index is 13.6. The molecule has 2 amide bonds. The summed E-state index contributed by atoms with van der Waals surface area (Å²) in [6, 6.07) is 5.55. The lowest BCUT2D eigenvalue weighted by molar-refractivity contribution is -0.114. The van der Waals surface area contributed by atoms with Crippen LogP contribution in [0.2, 0.25) is 0 Å². The highest BCUT2D eigenvalue weighted by Gasteiger charge is 2.49. The first kappa shape index (κ1) is 26.1. The van der Waals surface area contributed by atoms with Crippen molar-refractivity contribution in [2.24, 2.45) is 0 Å². The number of carbonyl (C=O) groups is 2. The number of amides is 2. The number of aryl methyl sites for hydroxylation is 2. The molecule has 0 aromatic heterocycles. The van der Waals surface area contributed by atoms with Gasteiger partial charge in [0.05, 0.1) is 35.4 Å². The molecular weight excluding hydrogens is 395 g/mol. The Kier molecular flexibility index (Phi) is 9.46. The van der Waals surface area contributed by atoms with Gasteiger partial charge in [0.2, 0.25) is 0 Å². The van der Waals surface area contributed by atoms with Crippen LogP contribution in [0.1, 0.15) is 59.6 Å². The molecule has 1 rings (SSSR count). The summed E-state index contributed by atoms with van der Waals surface area (Å²) in [6.07, 6.45) is -0.229. The lowest BCUT2D eigenvalue weighted by Crippen LogP contribution is -2.41. The highest BCUT2D eigenvalue weighted by atomic mass is 31.2. The Hall–Kier alpha value is -1.96. The molecule has 5 nitrogen and oxygen atoms in total. The van der Waals surface area contributed by atoms with Gasteiger partial charge in [-0.3, -0.25) is 10.2 Å². The number of benzene rings is 1. The van der Waals surface area contributed by atoms with E-state index in [-0.39, 0.29) is 12.2 Å². The van der Waals surface area contributed by atoms with E-state index in [1.165, 1.54) is 0 Å². The minimum atomic E-state index is -1.65. The van der Waals surface area contributed by atoms with E-state index in [4.69, 9.17) is 10.1 Å². The van der Waals surface area contributed by atoms with Gasteiger partial charge in [0.15, 0.2) is 0 Å². The second-order valence-corrected chi connectivity index (χ2v) is 14.1. The van der Waals surface area contributed by atoms with Crippen LogP contribution in [0, 0.1) is 19.3 Å². The molecule has 0 aliphatic rings. The van der Waals surface area contributed by atoms with Crippen molar-refractivity contribution in [1.82, 2.24) is 0 Å². The zero-order chi connectivity index (χ0) is 23.2. The number of hydrogen-bond acceptors (Lipinski definition) is 4. The van der Waals surface area contributed by atoms with Crippen LogP contribution in [0.5, 0.6) is 0 Å². The van der Waals surface area contributed by atoms with Gasteiger partial charge in [0, 0.05) is 7.26 Å². The van der Waals surface area contributed by atoms with Gasteiger partial charge < -0.3 is 4.74 Å². The Balaban J connectivity index is 3.52. The van der Waals surface area contributed by atoms with Gasteiger partial charge in [-0.25, -0.2) is 9.69 Å². The van der Waals surface area contributed by atoms with E-state index >= 15 is 0 Å². The summed E-state index contributed by atoms with van der Waals surface area (Å²) >= 11 is 0. The predicted octanol–water partition coefficient (Wildman–Crippen LogP) is 6.21. The quantitative estimate of drug-likeness (QED) is 0.301. The molecule has 0 spiro atoms. The summed E-state index contributed by atoms with van der Waals surface area (Å²) in [4.78, 5) is 27.5. The molecule has 0 atom stereocenters. The van der Waals surface area contributed by atoms with Crippen molar-refractivity contribution >= 4 is 30.8 Å². The van der Waals surface area contributed by atoms with Crippen LogP contribution in [0.25, 0.3) is 0 Å². The van der Waals surface area contributed by atoms with Gasteiger partial charge in [-0.2, -0.15) is 0 Å². The molecule has 0 saturated carbocycles. The molecule has 0 unspecified atom stereocenters. The van der Waals surface area contributed by atoms with Gasteiger partial charge in [-0.1, -0.05) is 17.7 Å². The van der Waals surface area contributed by atoms with Crippen molar-refractivity contribution in [2.75, 3.05) is 17.7 Å². The molecular formula is C24H38N2O3P+. The van der Waals surface area contributed by atoms with Crippen LogP contribution in [0.4, 0.5) is 10.5 Å². The van der Waals surface area contributed by atoms with Gasteiger partial charge in [0.1, 0.15) is 5.57 Å². The van der Waals surface area contributed by atoms with Gasteiger partial charge in [0.25, 0.3) is 5.91 Å². The Labute approximate surface area is 182 Å². The van der Waals surface area contributed by atoms with Crippen LogP contribution in [0.15, 0.2) is 23.8 Å². The van der Waals surface area contributed by atoms with E-state index in [0.29, 0.717) is 28.8 Å². The highest BCUT2D eigenvalue weighted by Crippen LogP contribution is 2.70. The van der Waals surface area contributed by atoms with Crippen molar-refractivity contribution in [3.8, 4) is 0 Å². The first-order valence-electron chi connectivity index (χ1n) is 10.7. The molecule has 0 fully saturated rings. The predicted molar refractivity (Wildman–Crippen MR) is 129 cm³/mol. The van der Waals surface area contributed by atoms with Crippen LogP contribution >= 0.6 is 7.26 Å². The largest absolute Gasteiger partial charge is 0.449 e. The fourth-order valence-corrected chi connectivity index (χ4v) is 9.88. The number of nitrogens with zero attached hydrogens (tertiary/aromatic N) is 1. The van der Waals surface area contributed by atoms with E-state index < -0.39 is 19.3 Å². The number of hydrogen-bond donors (Lipinski definition) is 1. The zero-order valence-electron chi connectivity index (χ0n) is 20.0. The number of imide groups is 1. The summed E-state index contributed by atoms with van der Waals surface area (Å²) in [5.41, 5.74) is 3.76. The Morgan fingerprint density at radius 1 is 1.07 bits per heavy atom. The lowest BCUT2D eigenvalue weighted by Gasteiger charge is -2.38. The molecule has 0 aliphatic heterocycles. The van der Waals surface area contributed by atoms with E-state index in [1.807, 2.05) is 26.0 Å². The topological polar surface area (TPSA) is 70.5 Å². The third-order valence-electron chi connectivity index (χ3n) is 5.97. The van der Waals surface area contributed by atoms with Crippen LogP contribution < -0.4 is 4.90 Å². The fourth-order valence-electron chi connectivity index (χ4n) is 4.44. The number of carbonyl (C=O) groups excluding carboxylic acids is 2. The molecule has 0 aliphatic carbocycles. The van der Waals surface area contributed by atoms with Gasteiger partial charge in [-0.05, 0) is 79.8 Å². The number of anilines is 1. The first-order valence-corrected chi connectivity index (χ1v) is 12.9. The minimum absolute atomic E-state index is 0.165. The Bertz CT molecular complexity index is 802. The summed E-state index contributed by atoms with van der Waals surface area (Å²) in [7, 11) is -1.65. The van der Waals surface area contributed by atoms with Crippen molar-refractivity contribution in [3.05, 3.63) is 34.9 Å². The fraction of sp³-hybridized carbons (Fsp3) is 0.583. The van der Waals surface area contributed by atoms with Crippen LogP contribution in [-0.2, 0) is 9.53 Å². The maximum Gasteiger partial charge on any atom is 0.421 e. The monoisotopic (exact) mass is 433 g/mol. The molecule has 1 aromatic carbocycles. The van der Waals surface area contributed by atoms with E-state index in [0.717, 1.165) is 16.0 Å². The average molecular weight is 434 g/mol. The Morgan fingerprint density at radius 2 is 1.60 bits per heavy atom. The summed E-state index contributed by atoms with van der Waals surface area (Å²) < 4.78 is 5.20. The molecule has 0 radical (unpaired) electrons. The van der Waals surface area contributed by atoms with E-state index in [1.54, 1.807) is 13.0 Å². The SMILES string of the molecule is CCOC(=O)N(C(=O)C(=C=N)C[P+](C(C)C)(C(C)C)C(C)C)c1ccc(C)cc1C. The standard InChI is InChI=1S/C24H38N2O3P/c1-10-29-24(28)26(22-12-11-19(8)13-20(22)9)23(27)21(14-25)15-30(16(2)3,17(4)5)18(6)7/h11-13,16-18,25H,10,15H2,1-9H3/q+1. The Morgan fingerprint density at radius 3 is 2.00 bits per heavy atom. The van der Waals surface area contributed by atoms with Gasteiger partial charge >= 0.3 is 6.09 Å². The summed E-state index contributed by atoms with van der Waals surface area (Å²) in [6.45, 7) is 18.9. The molecule has 0 saturated heterocycles. The molecule has 6 heteroatoms. The van der Waals surface area contributed by atoms with Crippen molar-refractivity contribution in [1.29, 1.82) is 5.41 Å². The summed E-state index contributed by atoms with van der Waals surface area (Å²) in [5.74, 6) is 1.88. The van der Waals surface area contributed by atoms with E-state index in [2.05, 4.69) is 47.4 Å². The van der Waals surface area contributed by atoms with Crippen molar-refractivity contribution < 1.29 is 14.3 Å². The third kappa shape index (κ3) is 5.39. The molecule has 0 heterocycles. The molecule has 30 heavy (non-hydrogen) atoms. The van der Waals surface area contributed by atoms with Crippen LogP contribution in [0.3, 0.4) is 0 Å². The lowest BCUT2D eigenvalue weighted by atomic mass is 10.1. The molecule has 1 aromatic rings. The summed E-state index contributed by atoms with van der Waals surface area (Å²) in [5, 5.41) is 7.91. The zero-order valence-corrected chi connectivity index (χ0v) is 20.9. The normalized spacial score (nSPS) is 11.6. The molecule has 0 bridgehead atoms. The maximum absolute atomic E-state index is 13.6. The van der Waals surface area contributed by atoms with Crippen molar-refractivity contribution in [2.45, 2.75) is 79.3 Å². The second-order valence-electron chi connectivity index (χ2n) is 8.67. The number of rotatable bonds is 8. The smallest absolute Gasteiger partial charge is 0.421 e. The van der Waals surface area contributed by atoms with Gasteiger partial charge in [-0.15, -0.1) is 0 Å². The number of ether oxygens (including phenoxy) is 1.